The Kier molecular flexibility index (Phi) is 6.21. The van der Waals surface area contributed by atoms with Crippen LogP contribution in [-0.4, -0.2) is 30.1 Å². The minimum absolute atomic E-state index is 0.0530. The number of carboxylic acid groups (broad SMARTS) is 1. The van der Waals surface area contributed by atoms with E-state index < -0.39 is 12.0 Å². The van der Waals surface area contributed by atoms with Gasteiger partial charge in [0, 0.05) is 6.42 Å². The number of hydrogen-bond acceptors (Lipinski definition) is 3. The van der Waals surface area contributed by atoms with Crippen molar-refractivity contribution < 1.29 is 19.4 Å². The van der Waals surface area contributed by atoms with Crippen LogP contribution < -0.4 is 10.1 Å². The molecule has 1 aromatic carbocycles. The molecule has 0 saturated carbocycles. The molecule has 0 radical (unpaired) electrons. The number of ether oxygens (including phenoxy) is 1. The van der Waals surface area contributed by atoms with Gasteiger partial charge in [0.1, 0.15) is 11.8 Å². The summed E-state index contributed by atoms with van der Waals surface area (Å²) in [6.45, 7) is 5.45. The van der Waals surface area contributed by atoms with Gasteiger partial charge in [0.05, 0.1) is 7.11 Å². The number of para-hydroxylation sites is 1. The molecule has 1 amide bonds. The number of methoxy groups -OCH3 is 1. The third-order valence-corrected chi connectivity index (χ3v) is 3.41. The van der Waals surface area contributed by atoms with E-state index in [-0.39, 0.29) is 24.2 Å². The van der Waals surface area contributed by atoms with Crippen molar-refractivity contribution in [1.29, 1.82) is 0 Å². The van der Waals surface area contributed by atoms with E-state index in [0.717, 1.165) is 11.3 Å². The molecule has 0 aliphatic rings. The molecule has 1 aromatic rings. The summed E-state index contributed by atoms with van der Waals surface area (Å²) in [4.78, 5) is 23.1. The van der Waals surface area contributed by atoms with Crippen molar-refractivity contribution in [2.75, 3.05) is 7.11 Å². The summed E-state index contributed by atoms with van der Waals surface area (Å²) in [7, 11) is 1.59. The van der Waals surface area contributed by atoms with Crippen molar-refractivity contribution >= 4 is 11.9 Å². The van der Waals surface area contributed by atoms with E-state index in [1.165, 1.54) is 0 Å². The van der Waals surface area contributed by atoms with Crippen LogP contribution in [0.4, 0.5) is 0 Å². The summed E-state index contributed by atoms with van der Waals surface area (Å²) >= 11 is 0. The van der Waals surface area contributed by atoms with E-state index >= 15 is 0 Å². The van der Waals surface area contributed by atoms with E-state index in [0.29, 0.717) is 0 Å². The van der Waals surface area contributed by atoms with Crippen LogP contribution in [0.3, 0.4) is 0 Å². The third kappa shape index (κ3) is 4.77. The van der Waals surface area contributed by atoms with Gasteiger partial charge < -0.3 is 15.2 Å². The SMILES string of the molecule is COc1ccccc1C(C)CC(=O)N[C@@H](C(=O)O)C(C)C. The lowest BCUT2D eigenvalue weighted by molar-refractivity contribution is -0.143. The van der Waals surface area contributed by atoms with Crippen LogP contribution in [-0.2, 0) is 9.59 Å². The maximum Gasteiger partial charge on any atom is 0.326 e. The number of benzene rings is 1. The van der Waals surface area contributed by atoms with E-state index in [2.05, 4.69) is 5.32 Å². The summed E-state index contributed by atoms with van der Waals surface area (Å²) < 4.78 is 5.28. The van der Waals surface area contributed by atoms with E-state index in [1.54, 1.807) is 21.0 Å². The van der Waals surface area contributed by atoms with Gasteiger partial charge in [-0.2, -0.15) is 0 Å². The molecule has 5 heteroatoms. The lowest BCUT2D eigenvalue weighted by Crippen LogP contribution is -2.44. The molecular weight excluding hydrogens is 270 g/mol. The fourth-order valence-electron chi connectivity index (χ4n) is 2.21. The molecule has 0 aromatic heterocycles. The van der Waals surface area contributed by atoms with Crippen LogP contribution in [0.2, 0.25) is 0 Å². The molecule has 2 N–H and O–H groups in total. The van der Waals surface area contributed by atoms with Crippen LogP contribution in [0.1, 0.15) is 38.7 Å². The number of carbonyl (C=O) groups excluding carboxylic acids is 1. The van der Waals surface area contributed by atoms with Crippen molar-refractivity contribution in [1.82, 2.24) is 5.32 Å². The highest BCUT2D eigenvalue weighted by Gasteiger charge is 2.24. The van der Waals surface area contributed by atoms with Crippen LogP contribution in [0.5, 0.6) is 5.75 Å². The van der Waals surface area contributed by atoms with Gasteiger partial charge in [-0.3, -0.25) is 4.79 Å². The number of carboxylic acids is 1. The fourth-order valence-corrected chi connectivity index (χ4v) is 2.21. The molecule has 0 fully saturated rings. The number of amides is 1. The predicted molar refractivity (Wildman–Crippen MR) is 80.4 cm³/mol. The number of carbonyl (C=O) groups is 2. The Bertz CT molecular complexity index is 499. The van der Waals surface area contributed by atoms with Crippen molar-refractivity contribution in [3.05, 3.63) is 29.8 Å². The fraction of sp³-hybridized carbons (Fsp3) is 0.500. The minimum Gasteiger partial charge on any atom is -0.496 e. The Hall–Kier alpha value is -2.04. The van der Waals surface area contributed by atoms with Crippen molar-refractivity contribution in [2.24, 2.45) is 5.92 Å². The van der Waals surface area contributed by atoms with Gasteiger partial charge >= 0.3 is 5.97 Å². The first-order valence-corrected chi connectivity index (χ1v) is 7.01. The molecule has 0 saturated heterocycles. The van der Waals surface area contributed by atoms with Gasteiger partial charge in [-0.15, -0.1) is 0 Å². The zero-order chi connectivity index (χ0) is 16.0. The highest BCUT2D eigenvalue weighted by Crippen LogP contribution is 2.28. The van der Waals surface area contributed by atoms with Crippen molar-refractivity contribution in [3.8, 4) is 5.75 Å². The molecule has 1 rings (SSSR count). The highest BCUT2D eigenvalue weighted by molar-refractivity contribution is 5.84. The molecule has 2 atom stereocenters. The molecule has 0 spiro atoms. The monoisotopic (exact) mass is 293 g/mol. The third-order valence-electron chi connectivity index (χ3n) is 3.41. The number of nitrogens with one attached hydrogen (secondary N) is 1. The number of rotatable bonds is 7. The Morgan fingerprint density at radius 1 is 1.24 bits per heavy atom. The Labute approximate surface area is 125 Å². The first-order chi connectivity index (χ1) is 9.86. The van der Waals surface area contributed by atoms with Crippen molar-refractivity contribution in [2.45, 2.75) is 39.2 Å². The molecule has 0 heterocycles. The second-order valence-corrected chi connectivity index (χ2v) is 5.47. The second kappa shape index (κ2) is 7.67. The predicted octanol–water partition coefficient (Wildman–Crippen LogP) is 2.41. The summed E-state index contributed by atoms with van der Waals surface area (Å²) in [6.07, 6.45) is 0.219. The molecule has 0 aliphatic carbocycles. The van der Waals surface area contributed by atoms with Crippen molar-refractivity contribution in [3.63, 3.8) is 0 Å². The topological polar surface area (TPSA) is 75.6 Å². The lowest BCUT2D eigenvalue weighted by Gasteiger charge is -2.20. The van der Waals surface area contributed by atoms with Crippen LogP contribution in [0.15, 0.2) is 24.3 Å². The first kappa shape index (κ1) is 17.0. The van der Waals surface area contributed by atoms with Crippen LogP contribution in [0, 0.1) is 5.92 Å². The maximum atomic E-state index is 12.0. The molecule has 116 valence electrons. The Morgan fingerprint density at radius 2 is 1.86 bits per heavy atom. The normalized spacial score (nSPS) is 13.6. The standard InChI is InChI=1S/C16H23NO4/c1-10(2)15(16(19)20)17-14(18)9-11(3)12-7-5-6-8-13(12)21-4/h5-8,10-11,15H,9H2,1-4H3,(H,17,18)(H,19,20)/t11?,15-/m1/s1. The maximum absolute atomic E-state index is 12.0. The zero-order valence-corrected chi connectivity index (χ0v) is 12.9. The smallest absolute Gasteiger partial charge is 0.326 e. The molecular formula is C16H23NO4. The lowest BCUT2D eigenvalue weighted by atomic mass is 9.96. The number of aliphatic carboxylic acids is 1. The van der Waals surface area contributed by atoms with Gasteiger partial charge in [-0.1, -0.05) is 39.0 Å². The summed E-state index contributed by atoms with van der Waals surface area (Å²) in [6, 6.07) is 6.66. The van der Waals surface area contributed by atoms with Gasteiger partial charge in [0.25, 0.3) is 0 Å². The Balaban J connectivity index is 2.72. The van der Waals surface area contributed by atoms with Gasteiger partial charge in [-0.25, -0.2) is 4.79 Å². The Morgan fingerprint density at radius 3 is 2.38 bits per heavy atom. The summed E-state index contributed by atoms with van der Waals surface area (Å²) in [5.74, 6) is -0.759. The van der Waals surface area contributed by atoms with E-state index in [9.17, 15) is 9.59 Å². The van der Waals surface area contributed by atoms with Gasteiger partial charge in [0.2, 0.25) is 5.91 Å². The van der Waals surface area contributed by atoms with Gasteiger partial charge in [0.15, 0.2) is 0 Å². The average Bonchev–Trinajstić information content (AvgIpc) is 2.43. The average molecular weight is 293 g/mol. The van der Waals surface area contributed by atoms with Crippen LogP contribution >= 0.6 is 0 Å². The van der Waals surface area contributed by atoms with Crippen LogP contribution in [0.25, 0.3) is 0 Å². The molecule has 0 aliphatic heterocycles. The molecule has 1 unspecified atom stereocenters. The number of hydrogen-bond donors (Lipinski definition) is 2. The van der Waals surface area contributed by atoms with E-state index in [4.69, 9.17) is 9.84 Å². The quantitative estimate of drug-likeness (QED) is 0.809. The summed E-state index contributed by atoms with van der Waals surface area (Å²) in [5, 5.41) is 11.7. The summed E-state index contributed by atoms with van der Waals surface area (Å²) in [5.41, 5.74) is 0.937. The molecule has 21 heavy (non-hydrogen) atoms. The molecule has 5 nitrogen and oxygen atoms in total. The second-order valence-electron chi connectivity index (χ2n) is 5.47. The van der Waals surface area contributed by atoms with E-state index in [1.807, 2.05) is 31.2 Å². The first-order valence-electron chi connectivity index (χ1n) is 7.01. The highest BCUT2D eigenvalue weighted by atomic mass is 16.5. The van der Waals surface area contributed by atoms with Gasteiger partial charge in [-0.05, 0) is 23.5 Å². The zero-order valence-electron chi connectivity index (χ0n) is 12.9. The largest absolute Gasteiger partial charge is 0.496 e. The minimum atomic E-state index is -1.01. The molecule has 0 bridgehead atoms.